The summed E-state index contributed by atoms with van der Waals surface area (Å²) in [6, 6.07) is 22.5. The van der Waals surface area contributed by atoms with Gasteiger partial charge in [-0.25, -0.2) is 4.98 Å². The van der Waals surface area contributed by atoms with Crippen LogP contribution in [-0.2, 0) is 30.6 Å². The molecule has 0 radical (unpaired) electrons. The number of aryl methyl sites for hydroxylation is 2. The van der Waals surface area contributed by atoms with Crippen molar-refractivity contribution in [3.05, 3.63) is 94.7 Å². The second kappa shape index (κ2) is 9.31. The molecule has 0 bridgehead atoms. The third kappa shape index (κ3) is 4.94. The largest absolute Gasteiger partial charge is 0.384 e. The van der Waals surface area contributed by atoms with Gasteiger partial charge in [-0.3, -0.25) is 4.79 Å². The highest BCUT2D eigenvalue weighted by molar-refractivity contribution is 5.88. The van der Waals surface area contributed by atoms with Crippen LogP contribution < -0.4 is 16.4 Å². The molecule has 4 rings (SSSR count). The molecule has 1 aliphatic carbocycles. The third-order valence-electron chi connectivity index (χ3n) is 6.14. The number of hydrogen-bond acceptors (Lipinski definition) is 4. The molecule has 0 saturated heterocycles. The standard InChI is InChI=1S/C26H30N4O/c1-19-23(13-14-24(27)30-19)18-28-25(31)26(16-21-11-5-6-12-22(21)17-26)29-15-7-10-20-8-3-2-4-9-20/h2-6,8-9,11-14,29H,7,10,15-18H2,1H3,(H2,27,30)(H,28,31). The number of amides is 1. The maximum absolute atomic E-state index is 13.4. The van der Waals surface area contributed by atoms with Crippen LogP contribution >= 0.6 is 0 Å². The Morgan fingerprint density at radius 3 is 2.35 bits per heavy atom. The highest BCUT2D eigenvalue weighted by Gasteiger charge is 2.43. The second-order valence-electron chi connectivity index (χ2n) is 8.38. The summed E-state index contributed by atoms with van der Waals surface area (Å²) in [6.45, 7) is 3.15. The van der Waals surface area contributed by atoms with Gasteiger partial charge < -0.3 is 16.4 Å². The van der Waals surface area contributed by atoms with Crippen LogP contribution in [0.3, 0.4) is 0 Å². The lowest BCUT2D eigenvalue weighted by atomic mass is 9.93. The molecule has 2 aromatic carbocycles. The van der Waals surface area contributed by atoms with Crippen LogP contribution in [-0.4, -0.2) is 23.0 Å². The summed E-state index contributed by atoms with van der Waals surface area (Å²) in [7, 11) is 0. The van der Waals surface area contributed by atoms with Crippen molar-refractivity contribution >= 4 is 11.7 Å². The van der Waals surface area contributed by atoms with Crippen molar-refractivity contribution in [2.24, 2.45) is 0 Å². The van der Waals surface area contributed by atoms with Crippen LogP contribution in [0.25, 0.3) is 0 Å². The Morgan fingerprint density at radius 1 is 1.00 bits per heavy atom. The minimum Gasteiger partial charge on any atom is -0.384 e. The smallest absolute Gasteiger partial charge is 0.241 e. The fraction of sp³-hybridized carbons (Fsp3) is 0.308. The molecule has 160 valence electrons. The van der Waals surface area contributed by atoms with Crippen molar-refractivity contribution in [2.45, 2.75) is 44.7 Å². The van der Waals surface area contributed by atoms with Crippen LogP contribution in [0.15, 0.2) is 66.7 Å². The van der Waals surface area contributed by atoms with Gasteiger partial charge in [0.25, 0.3) is 0 Å². The Labute approximate surface area is 184 Å². The number of nitrogen functional groups attached to an aromatic ring is 1. The zero-order valence-corrected chi connectivity index (χ0v) is 18.0. The maximum atomic E-state index is 13.4. The number of nitrogens with zero attached hydrogens (tertiary/aromatic N) is 1. The highest BCUT2D eigenvalue weighted by Crippen LogP contribution is 2.30. The van der Waals surface area contributed by atoms with Gasteiger partial charge in [0, 0.05) is 25.1 Å². The topological polar surface area (TPSA) is 80.0 Å². The summed E-state index contributed by atoms with van der Waals surface area (Å²) in [6.07, 6.45) is 3.39. The summed E-state index contributed by atoms with van der Waals surface area (Å²) in [4.78, 5) is 17.7. The molecule has 1 aromatic heterocycles. The first-order valence-electron chi connectivity index (χ1n) is 10.9. The predicted octanol–water partition coefficient (Wildman–Crippen LogP) is 3.35. The van der Waals surface area contributed by atoms with E-state index in [1.165, 1.54) is 16.7 Å². The van der Waals surface area contributed by atoms with Crippen LogP contribution in [0.4, 0.5) is 5.82 Å². The quantitative estimate of drug-likeness (QED) is 0.494. The Hall–Kier alpha value is -3.18. The van der Waals surface area contributed by atoms with Gasteiger partial charge in [-0.05, 0) is 54.6 Å². The Kier molecular flexibility index (Phi) is 6.33. The first-order valence-corrected chi connectivity index (χ1v) is 10.9. The molecule has 4 N–H and O–H groups in total. The molecular formula is C26H30N4O. The number of anilines is 1. The normalized spacial score (nSPS) is 14.2. The molecule has 1 aliphatic rings. The van der Waals surface area contributed by atoms with Gasteiger partial charge in [0.15, 0.2) is 0 Å². The van der Waals surface area contributed by atoms with E-state index in [1.807, 2.05) is 31.2 Å². The van der Waals surface area contributed by atoms with Gasteiger partial charge in [0.1, 0.15) is 11.4 Å². The Balaban J connectivity index is 1.43. The number of rotatable bonds is 8. The number of nitrogens with two attached hydrogens (primary N) is 1. The average molecular weight is 415 g/mol. The minimum atomic E-state index is -0.616. The highest BCUT2D eigenvalue weighted by atomic mass is 16.2. The zero-order valence-electron chi connectivity index (χ0n) is 18.0. The lowest BCUT2D eigenvalue weighted by Gasteiger charge is -2.29. The van der Waals surface area contributed by atoms with Gasteiger partial charge >= 0.3 is 0 Å². The van der Waals surface area contributed by atoms with E-state index in [0.717, 1.165) is 30.6 Å². The van der Waals surface area contributed by atoms with Crippen LogP contribution in [0.1, 0.15) is 34.4 Å². The molecule has 5 heteroatoms. The number of fused-ring (bicyclic) bond motifs is 1. The molecule has 0 saturated carbocycles. The Bertz CT molecular complexity index is 1020. The third-order valence-corrected chi connectivity index (χ3v) is 6.14. The van der Waals surface area contributed by atoms with E-state index in [9.17, 15) is 4.79 Å². The predicted molar refractivity (Wildman–Crippen MR) is 125 cm³/mol. The molecule has 5 nitrogen and oxygen atoms in total. The van der Waals surface area contributed by atoms with Crippen LogP contribution in [0.2, 0.25) is 0 Å². The zero-order chi connectivity index (χ0) is 21.7. The van der Waals surface area contributed by atoms with E-state index in [0.29, 0.717) is 25.2 Å². The van der Waals surface area contributed by atoms with Crippen LogP contribution in [0.5, 0.6) is 0 Å². The molecule has 0 fully saturated rings. The van der Waals surface area contributed by atoms with Gasteiger partial charge in [-0.2, -0.15) is 0 Å². The van der Waals surface area contributed by atoms with Crippen molar-refractivity contribution in [1.82, 2.24) is 15.6 Å². The molecule has 0 spiro atoms. The number of carbonyl (C=O) groups is 1. The first-order chi connectivity index (χ1) is 15.1. The van der Waals surface area contributed by atoms with Gasteiger partial charge in [0.2, 0.25) is 5.91 Å². The summed E-state index contributed by atoms with van der Waals surface area (Å²) in [5.41, 5.74) is 10.8. The lowest BCUT2D eigenvalue weighted by molar-refractivity contribution is -0.127. The molecule has 3 aromatic rings. The fourth-order valence-corrected chi connectivity index (χ4v) is 4.39. The summed E-state index contributed by atoms with van der Waals surface area (Å²) < 4.78 is 0. The van der Waals surface area contributed by atoms with Crippen molar-refractivity contribution in [3.63, 3.8) is 0 Å². The second-order valence-corrected chi connectivity index (χ2v) is 8.38. The van der Waals surface area contributed by atoms with Crippen molar-refractivity contribution < 1.29 is 4.79 Å². The van der Waals surface area contributed by atoms with E-state index < -0.39 is 5.54 Å². The molecule has 0 atom stereocenters. The number of hydrogen-bond donors (Lipinski definition) is 3. The molecule has 1 amide bonds. The van der Waals surface area contributed by atoms with E-state index >= 15 is 0 Å². The minimum absolute atomic E-state index is 0.0413. The lowest BCUT2D eigenvalue weighted by Crippen LogP contribution is -2.58. The number of aromatic nitrogens is 1. The fourth-order valence-electron chi connectivity index (χ4n) is 4.39. The van der Waals surface area contributed by atoms with Gasteiger partial charge in [0.05, 0.1) is 0 Å². The van der Waals surface area contributed by atoms with Crippen molar-refractivity contribution in [1.29, 1.82) is 0 Å². The number of carbonyl (C=O) groups excluding carboxylic acids is 1. The van der Waals surface area contributed by atoms with E-state index in [4.69, 9.17) is 5.73 Å². The molecule has 1 heterocycles. The SMILES string of the molecule is Cc1nc(N)ccc1CNC(=O)C1(NCCCc2ccccc2)Cc2ccccc2C1. The number of pyridine rings is 1. The summed E-state index contributed by atoms with van der Waals surface area (Å²) >= 11 is 0. The number of nitrogens with one attached hydrogen (secondary N) is 2. The van der Waals surface area contributed by atoms with Crippen molar-refractivity contribution in [3.8, 4) is 0 Å². The maximum Gasteiger partial charge on any atom is 0.241 e. The van der Waals surface area contributed by atoms with Crippen LogP contribution in [0, 0.1) is 6.92 Å². The summed E-state index contributed by atoms with van der Waals surface area (Å²) in [5.74, 6) is 0.537. The number of benzene rings is 2. The van der Waals surface area contributed by atoms with Gasteiger partial charge in [-0.15, -0.1) is 0 Å². The molecular weight excluding hydrogens is 384 g/mol. The summed E-state index contributed by atoms with van der Waals surface area (Å²) in [5, 5.41) is 6.78. The first kappa shape index (κ1) is 21.1. The van der Waals surface area contributed by atoms with E-state index in [2.05, 4.69) is 52.0 Å². The average Bonchev–Trinajstić information content (AvgIpc) is 3.16. The molecule has 0 unspecified atom stereocenters. The molecule has 31 heavy (non-hydrogen) atoms. The van der Waals surface area contributed by atoms with Crippen molar-refractivity contribution in [2.75, 3.05) is 12.3 Å². The van der Waals surface area contributed by atoms with E-state index in [1.54, 1.807) is 6.07 Å². The molecule has 0 aliphatic heterocycles. The van der Waals surface area contributed by atoms with E-state index in [-0.39, 0.29) is 5.91 Å². The Morgan fingerprint density at radius 2 is 1.68 bits per heavy atom. The monoisotopic (exact) mass is 414 g/mol. The van der Waals surface area contributed by atoms with Gasteiger partial charge in [-0.1, -0.05) is 60.7 Å².